The Labute approximate surface area is 132 Å². The van der Waals surface area contributed by atoms with Gasteiger partial charge in [-0.3, -0.25) is 4.79 Å². The summed E-state index contributed by atoms with van der Waals surface area (Å²) in [5.74, 6) is -0.453. The van der Waals surface area contributed by atoms with Crippen LogP contribution in [0.25, 0.3) is 0 Å². The van der Waals surface area contributed by atoms with Crippen molar-refractivity contribution in [3.8, 4) is 11.5 Å². The Morgan fingerprint density at radius 2 is 2.00 bits per heavy atom. The van der Waals surface area contributed by atoms with Gasteiger partial charge in [0.1, 0.15) is 12.4 Å². The van der Waals surface area contributed by atoms with Crippen LogP contribution < -0.4 is 15.2 Å². The Balaban J connectivity index is 2.29. The van der Waals surface area contributed by atoms with Crippen LogP contribution in [0.3, 0.4) is 0 Å². The van der Waals surface area contributed by atoms with Gasteiger partial charge in [0, 0.05) is 11.1 Å². The van der Waals surface area contributed by atoms with Crippen molar-refractivity contribution in [1.82, 2.24) is 0 Å². The number of carbonyl (C=O) groups is 1. The minimum atomic E-state index is -0.622. The van der Waals surface area contributed by atoms with E-state index in [4.69, 9.17) is 26.8 Å². The van der Waals surface area contributed by atoms with Gasteiger partial charge in [-0.2, -0.15) is 0 Å². The first-order chi connectivity index (χ1) is 10.5. The first-order valence-electron chi connectivity index (χ1n) is 6.65. The van der Waals surface area contributed by atoms with Gasteiger partial charge < -0.3 is 15.2 Å². The monoisotopic (exact) mass is 323 g/mol. The fraction of sp³-hybridized carbons (Fsp3) is 0.188. The summed E-state index contributed by atoms with van der Waals surface area (Å²) in [5, 5.41) is 0.177. The van der Waals surface area contributed by atoms with Gasteiger partial charge in [-0.15, -0.1) is 0 Å². The fourth-order valence-corrected chi connectivity index (χ4v) is 2.14. The number of hydrogen-bond acceptors (Lipinski definition) is 3. The van der Waals surface area contributed by atoms with E-state index >= 15 is 0 Å². The number of primary amides is 1. The number of benzene rings is 2. The average Bonchev–Trinajstić information content (AvgIpc) is 2.48. The van der Waals surface area contributed by atoms with Crippen LogP contribution in [0.4, 0.5) is 4.39 Å². The maximum absolute atomic E-state index is 13.6. The van der Waals surface area contributed by atoms with Gasteiger partial charge in [0.05, 0.1) is 11.6 Å². The highest BCUT2D eigenvalue weighted by Crippen LogP contribution is 2.37. The smallest absolute Gasteiger partial charge is 0.248 e. The molecule has 0 spiro atoms. The average molecular weight is 324 g/mol. The van der Waals surface area contributed by atoms with E-state index in [9.17, 15) is 9.18 Å². The third kappa shape index (κ3) is 3.68. The van der Waals surface area contributed by atoms with Gasteiger partial charge in [-0.1, -0.05) is 29.8 Å². The van der Waals surface area contributed by atoms with Gasteiger partial charge >= 0.3 is 0 Å². The van der Waals surface area contributed by atoms with Crippen LogP contribution in [0.5, 0.6) is 11.5 Å². The highest BCUT2D eigenvalue weighted by molar-refractivity contribution is 6.32. The Hall–Kier alpha value is -2.27. The molecule has 0 unspecified atom stereocenters. The molecule has 0 aromatic heterocycles. The van der Waals surface area contributed by atoms with Gasteiger partial charge in [0.25, 0.3) is 0 Å². The molecule has 0 radical (unpaired) electrons. The van der Waals surface area contributed by atoms with Crippen LogP contribution in [-0.2, 0) is 6.61 Å². The third-order valence-corrected chi connectivity index (χ3v) is 3.20. The molecule has 0 saturated heterocycles. The molecular weight excluding hydrogens is 309 g/mol. The van der Waals surface area contributed by atoms with Crippen molar-refractivity contribution in [2.75, 3.05) is 6.61 Å². The zero-order valence-corrected chi connectivity index (χ0v) is 12.7. The van der Waals surface area contributed by atoms with Gasteiger partial charge in [-0.05, 0) is 25.1 Å². The molecule has 0 atom stereocenters. The zero-order valence-electron chi connectivity index (χ0n) is 11.9. The summed E-state index contributed by atoms with van der Waals surface area (Å²) >= 11 is 6.11. The Morgan fingerprint density at radius 1 is 1.27 bits per heavy atom. The molecule has 0 aliphatic heterocycles. The molecule has 0 aliphatic carbocycles. The molecule has 2 N–H and O–H groups in total. The molecule has 22 heavy (non-hydrogen) atoms. The minimum Gasteiger partial charge on any atom is -0.490 e. The van der Waals surface area contributed by atoms with E-state index in [2.05, 4.69) is 0 Å². The number of rotatable bonds is 6. The highest BCUT2D eigenvalue weighted by Gasteiger charge is 2.15. The van der Waals surface area contributed by atoms with Crippen LogP contribution in [0.2, 0.25) is 5.02 Å². The van der Waals surface area contributed by atoms with Crippen molar-refractivity contribution in [3.63, 3.8) is 0 Å². The molecule has 2 aromatic carbocycles. The number of carbonyl (C=O) groups excluding carboxylic acids is 1. The first-order valence-corrected chi connectivity index (χ1v) is 7.03. The van der Waals surface area contributed by atoms with Crippen LogP contribution in [0, 0.1) is 5.82 Å². The number of halogens is 2. The lowest BCUT2D eigenvalue weighted by Crippen LogP contribution is -2.12. The van der Waals surface area contributed by atoms with E-state index in [1.807, 2.05) is 0 Å². The second-order valence-corrected chi connectivity index (χ2v) is 4.87. The minimum absolute atomic E-state index is 0.0115. The topological polar surface area (TPSA) is 61.5 Å². The quantitative estimate of drug-likeness (QED) is 0.884. The number of nitrogens with two attached hydrogens (primary N) is 1. The van der Waals surface area contributed by atoms with E-state index in [1.165, 1.54) is 18.2 Å². The molecule has 116 valence electrons. The molecule has 0 fully saturated rings. The van der Waals surface area contributed by atoms with Crippen LogP contribution >= 0.6 is 11.6 Å². The van der Waals surface area contributed by atoms with Gasteiger partial charge in [0.2, 0.25) is 5.91 Å². The lowest BCUT2D eigenvalue weighted by Gasteiger charge is -2.14. The molecule has 2 aromatic rings. The summed E-state index contributed by atoms with van der Waals surface area (Å²) < 4.78 is 24.6. The van der Waals surface area contributed by atoms with Gasteiger partial charge in [0.15, 0.2) is 11.5 Å². The summed E-state index contributed by atoms with van der Waals surface area (Å²) in [6.45, 7) is 2.13. The maximum Gasteiger partial charge on any atom is 0.248 e. The van der Waals surface area contributed by atoms with Crippen LogP contribution in [-0.4, -0.2) is 12.5 Å². The van der Waals surface area contributed by atoms with E-state index in [1.54, 1.807) is 25.1 Å². The normalized spacial score (nSPS) is 10.3. The predicted molar refractivity (Wildman–Crippen MR) is 81.9 cm³/mol. The Bertz CT molecular complexity index is 691. The SMILES string of the molecule is CCOc1cc(C(N)=O)cc(Cl)c1OCc1ccccc1F. The summed E-state index contributed by atoms with van der Waals surface area (Å²) in [7, 11) is 0. The van der Waals surface area contributed by atoms with Crippen molar-refractivity contribution in [1.29, 1.82) is 0 Å². The molecule has 0 bridgehead atoms. The summed E-state index contributed by atoms with van der Waals surface area (Å²) in [5.41, 5.74) is 5.84. The molecule has 0 aliphatic rings. The largest absolute Gasteiger partial charge is 0.490 e. The first kappa shape index (κ1) is 16.1. The lowest BCUT2D eigenvalue weighted by molar-refractivity contribution is 0.0999. The molecule has 2 rings (SSSR count). The van der Waals surface area contributed by atoms with Crippen molar-refractivity contribution < 1.29 is 18.7 Å². The zero-order chi connectivity index (χ0) is 16.1. The number of ether oxygens (including phenoxy) is 2. The highest BCUT2D eigenvalue weighted by atomic mass is 35.5. The van der Waals surface area contributed by atoms with Crippen molar-refractivity contribution in [2.24, 2.45) is 5.73 Å². The van der Waals surface area contributed by atoms with Crippen molar-refractivity contribution >= 4 is 17.5 Å². The predicted octanol–water partition coefficient (Wildman–Crippen LogP) is 3.56. The van der Waals surface area contributed by atoms with Crippen molar-refractivity contribution in [3.05, 3.63) is 58.4 Å². The van der Waals surface area contributed by atoms with E-state index < -0.39 is 5.91 Å². The molecule has 1 amide bonds. The van der Waals surface area contributed by atoms with Crippen molar-refractivity contribution in [2.45, 2.75) is 13.5 Å². The lowest BCUT2D eigenvalue weighted by atomic mass is 10.2. The molecule has 0 saturated carbocycles. The van der Waals surface area contributed by atoms with E-state index in [0.717, 1.165) is 0 Å². The summed E-state index contributed by atoms with van der Waals surface area (Å²) in [6.07, 6.45) is 0. The van der Waals surface area contributed by atoms with Crippen LogP contribution in [0.1, 0.15) is 22.8 Å². The molecular formula is C16H15ClFNO3. The summed E-state index contributed by atoms with van der Waals surface area (Å²) in [6, 6.07) is 9.11. The third-order valence-electron chi connectivity index (χ3n) is 2.92. The number of amides is 1. The Kier molecular flexibility index (Phi) is 5.22. The summed E-state index contributed by atoms with van der Waals surface area (Å²) in [4.78, 5) is 11.3. The molecule has 0 heterocycles. The van der Waals surface area contributed by atoms with E-state index in [0.29, 0.717) is 17.9 Å². The number of hydrogen-bond donors (Lipinski definition) is 1. The fourth-order valence-electron chi connectivity index (χ4n) is 1.88. The van der Waals surface area contributed by atoms with Crippen LogP contribution in [0.15, 0.2) is 36.4 Å². The maximum atomic E-state index is 13.6. The molecule has 6 heteroatoms. The Morgan fingerprint density at radius 3 is 2.64 bits per heavy atom. The second-order valence-electron chi connectivity index (χ2n) is 4.46. The van der Waals surface area contributed by atoms with Gasteiger partial charge in [-0.25, -0.2) is 4.39 Å². The standard InChI is InChI=1S/C16H15ClFNO3/c1-2-21-14-8-11(16(19)20)7-12(17)15(14)22-9-10-5-3-4-6-13(10)18/h3-8H,2,9H2,1H3,(H2,19,20). The van der Waals surface area contributed by atoms with E-state index in [-0.39, 0.29) is 28.8 Å². The second kappa shape index (κ2) is 7.13. The molecule has 4 nitrogen and oxygen atoms in total.